The van der Waals surface area contributed by atoms with Crippen LogP contribution in [0.2, 0.25) is 0 Å². The fourth-order valence-corrected chi connectivity index (χ4v) is 8.62. The summed E-state index contributed by atoms with van der Waals surface area (Å²) in [6.07, 6.45) is 5.09. The lowest BCUT2D eigenvalue weighted by atomic mass is 9.76. The fraction of sp³-hybridized carbons (Fsp3) is 0.907. The molecule has 2 aliphatic rings. The Morgan fingerprint density at radius 2 is 1.17 bits per heavy atom. The zero-order valence-corrected chi connectivity index (χ0v) is 36.5. The zero-order chi connectivity index (χ0) is 40.7. The van der Waals surface area contributed by atoms with Crippen molar-refractivity contribution in [2.24, 2.45) is 27.6 Å². The predicted octanol–water partition coefficient (Wildman–Crippen LogP) is 8.10. The third-order valence-corrected chi connectivity index (χ3v) is 10.4. The maximum absolute atomic E-state index is 13.0. The Labute approximate surface area is 323 Å². The first-order chi connectivity index (χ1) is 23.9. The predicted molar refractivity (Wildman–Crippen MR) is 212 cm³/mol. The lowest BCUT2D eigenvalue weighted by Gasteiger charge is -2.41. The first kappa shape index (κ1) is 47.6. The van der Waals surface area contributed by atoms with Gasteiger partial charge in [-0.1, -0.05) is 75.3 Å². The molecule has 310 valence electrons. The van der Waals surface area contributed by atoms with Gasteiger partial charge in [0.05, 0.1) is 43.2 Å². The molecule has 10 heteroatoms. The van der Waals surface area contributed by atoms with Crippen molar-refractivity contribution >= 4 is 11.8 Å². The van der Waals surface area contributed by atoms with Gasteiger partial charge < -0.3 is 39.4 Å². The van der Waals surface area contributed by atoms with E-state index in [1.54, 1.807) is 13.0 Å². The minimum atomic E-state index is -0.966. The van der Waals surface area contributed by atoms with Crippen LogP contribution >= 0.6 is 0 Å². The van der Waals surface area contributed by atoms with Gasteiger partial charge >= 0.3 is 0 Å². The van der Waals surface area contributed by atoms with Gasteiger partial charge in [-0.2, -0.15) is 0 Å². The number of hydrogen-bond donors (Lipinski definition) is 3. The van der Waals surface area contributed by atoms with Gasteiger partial charge in [0.25, 0.3) is 0 Å². The third-order valence-electron chi connectivity index (χ3n) is 10.4. The number of nitrogens with one attached hydrogen (secondary N) is 2. The SMILES string of the molecule is C=CCC(C)(O)CCOC(C)(C)C(C1COC(C)(CCC(=O)NCC(C)(C)CC(C)(C)C)O1)C1COC(C)(CCC(=O)NCC(C)(C)CC(C)(C)C)O1. The molecule has 53 heavy (non-hydrogen) atoms. The van der Waals surface area contributed by atoms with Crippen LogP contribution in [0, 0.1) is 27.6 Å². The average Bonchev–Trinajstić information content (AvgIpc) is 3.53. The number of ether oxygens (including phenoxy) is 5. The molecule has 0 radical (unpaired) electrons. The minimum absolute atomic E-state index is 0.0220. The Morgan fingerprint density at radius 3 is 1.53 bits per heavy atom. The molecule has 5 unspecified atom stereocenters. The van der Waals surface area contributed by atoms with Crippen LogP contribution in [0.3, 0.4) is 0 Å². The van der Waals surface area contributed by atoms with Gasteiger partial charge in [0.1, 0.15) is 0 Å². The molecule has 0 aromatic heterocycles. The van der Waals surface area contributed by atoms with Crippen LogP contribution in [-0.2, 0) is 33.3 Å². The number of carbonyl (C=O) groups excluding carboxylic acids is 2. The summed E-state index contributed by atoms with van der Waals surface area (Å²) < 4.78 is 32.5. The van der Waals surface area contributed by atoms with E-state index >= 15 is 0 Å². The van der Waals surface area contributed by atoms with E-state index < -0.39 is 35.0 Å². The summed E-state index contributed by atoms with van der Waals surface area (Å²) in [6, 6.07) is 0. The second-order valence-corrected chi connectivity index (χ2v) is 21.3. The van der Waals surface area contributed by atoms with Crippen LogP contribution in [0.25, 0.3) is 0 Å². The van der Waals surface area contributed by atoms with E-state index in [1.807, 2.05) is 27.7 Å². The largest absolute Gasteiger partial charge is 0.390 e. The van der Waals surface area contributed by atoms with Crippen molar-refractivity contribution in [2.45, 2.75) is 190 Å². The molecule has 2 heterocycles. The zero-order valence-electron chi connectivity index (χ0n) is 36.5. The maximum Gasteiger partial charge on any atom is 0.220 e. The summed E-state index contributed by atoms with van der Waals surface area (Å²) in [7, 11) is 0. The highest BCUT2D eigenvalue weighted by Crippen LogP contribution is 2.43. The highest BCUT2D eigenvalue weighted by atomic mass is 16.8. The Balaban J connectivity index is 2.12. The van der Waals surface area contributed by atoms with Crippen LogP contribution in [0.5, 0.6) is 0 Å². The lowest BCUT2D eigenvalue weighted by molar-refractivity contribution is -0.210. The molecule has 0 spiro atoms. The number of carbonyl (C=O) groups is 2. The molecule has 5 atom stereocenters. The summed E-state index contributed by atoms with van der Waals surface area (Å²) in [5, 5.41) is 17.0. The van der Waals surface area contributed by atoms with Crippen molar-refractivity contribution in [3.8, 4) is 0 Å². The smallest absolute Gasteiger partial charge is 0.220 e. The van der Waals surface area contributed by atoms with Crippen LogP contribution in [0.4, 0.5) is 0 Å². The number of amides is 2. The first-order valence-corrected chi connectivity index (χ1v) is 20.0. The van der Waals surface area contributed by atoms with Crippen molar-refractivity contribution in [2.75, 3.05) is 32.9 Å². The number of hydrogen-bond acceptors (Lipinski definition) is 8. The summed E-state index contributed by atoms with van der Waals surface area (Å²) in [5.74, 6) is -2.31. The van der Waals surface area contributed by atoms with Gasteiger partial charge in [0.2, 0.25) is 11.8 Å². The van der Waals surface area contributed by atoms with E-state index in [-0.39, 0.29) is 52.2 Å². The van der Waals surface area contributed by atoms with Crippen molar-refractivity contribution in [1.82, 2.24) is 10.6 Å². The van der Waals surface area contributed by atoms with Crippen molar-refractivity contribution < 1.29 is 38.4 Å². The molecule has 2 amide bonds. The highest BCUT2D eigenvalue weighted by Gasteiger charge is 2.53. The average molecular weight is 753 g/mol. The Hall–Kier alpha value is -1.56. The van der Waals surface area contributed by atoms with Gasteiger partial charge in [0, 0.05) is 44.7 Å². The molecule has 2 aliphatic heterocycles. The normalized spacial score (nSPS) is 26.3. The molecule has 2 saturated heterocycles. The third kappa shape index (κ3) is 17.4. The summed E-state index contributed by atoms with van der Waals surface area (Å²) in [4.78, 5) is 26.0. The summed E-state index contributed by atoms with van der Waals surface area (Å²) >= 11 is 0. The summed E-state index contributed by atoms with van der Waals surface area (Å²) in [6.45, 7) is 37.5. The maximum atomic E-state index is 13.0. The van der Waals surface area contributed by atoms with Crippen LogP contribution < -0.4 is 10.6 Å². The van der Waals surface area contributed by atoms with E-state index in [0.717, 1.165) is 12.8 Å². The van der Waals surface area contributed by atoms with Gasteiger partial charge in [-0.3, -0.25) is 9.59 Å². The molecule has 10 nitrogen and oxygen atoms in total. The minimum Gasteiger partial charge on any atom is -0.390 e. The van der Waals surface area contributed by atoms with Crippen LogP contribution in [0.1, 0.15) is 155 Å². The fourth-order valence-electron chi connectivity index (χ4n) is 8.62. The number of aliphatic hydroxyl groups is 1. The molecule has 3 N–H and O–H groups in total. The Kier molecular flexibility index (Phi) is 16.3. The molecule has 2 fully saturated rings. The lowest BCUT2D eigenvalue weighted by Crippen LogP contribution is -2.51. The molecular formula is C43H80N2O8. The van der Waals surface area contributed by atoms with E-state index in [9.17, 15) is 14.7 Å². The van der Waals surface area contributed by atoms with Crippen molar-refractivity contribution in [3.63, 3.8) is 0 Å². The standard InChI is InChI=1S/C43H80N2O8/c1-17-20-41(14,48)23-24-49-40(12,13)35(31-25-50-42(15,52-31)21-18-33(46)44-29-38(8,9)27-36(2,3)4)32-26-51-43(16,53-32)22-19-34(47)45-30-39(10,11)28-37(5,6)7/h17,31-32,35,48H,1,18-30H2,2-16H3,(H,44,46)(H,45,47). The monoisotopic (exact) mass is 753 g/mol. The van der Waals surface area contributed by atoms with Gasteiger partial charge in [0.15, 0.2) is 11.6 Å². The molecule has 0 aromatic carbocycles. The molecule has 2 rings (SSSR count). The molecular weight excluding hydrogens is 672 g/mol. The first-order valence-electron chi connectivity index (χ1n) is 20.0. The second kappa shape index (κ2) is 18.1. The molecule has 0 bridgehead atoms. The number of rotatable bonds is 21. The molecule has 0 aliphatic carbocycles. The quantitative estimate of drug-likeness (QED) is 0.101. The second-order valence-electron chi connectivity index (χ2n) is 21.3. The Bertz CT molecular complexity index is 1130. The van der Waals surface area contributed by atoms with E-state index in [1.165, 1.54) is 0 Å². The van der Waals surface area contributed by atoms with Crippen LogP contribution in [0.15, 0.2) is 12.7 Å². The van der Waals surface area contributed by atoms with Gasteiger partial charge in [-0.15, -0.1) is 6.58 Å². The van der Waals surface area contributed by atoms with Crippen molar-refractivity contribution in [1.29, 1.82) is 0 Å². The Morgan fingerprint density at radius 1 is 0.774 bits per heavy atom. The van der Waals surface area contributed by atoms with Crippen LogP contribution in [-0.4, -0.2) is 84.8 Å². The van der Waals surface area contributed by atoms with E-state index in [0.29, 0.717) is 58.6 Å². The van der Waals surface area contributed by atoms with Crippen molar-refractivity contribution in [3.05, 3.63) is 12.7 Å². The molecule has 0 saturated carbocycles. The molecule has 0 aromatic rings. The highest BCUT2D eigenvalue weighted by molar-refractivity contribution is 5.76. The van der Waals surface area contributed by atoms with Gasteiger partial charge in [-0.05, 0) is 82.0 Å². The van der Waals surface area contributed by atoms with E-state index in [2.05, 4.69) is 86.4 Å². The topological polar surface area (TPSA) is 125 Å². The summed E-state index contributed by atoms with van der Waals surface area (Å²) in [5.41, 5.74) is -1.41. The van der Waals surface area contributed by atoms with Gasteiger partial charge in [-0.25, -0.2) is 0 Å². The van der Waals surface area contributed by atoms with E-state index in [4.69, 9.17) is 23.7 Å².